The molecule has 6 heteroatoms. The summed E-state index contributed by atoms with van der Waals surface area (Å²) in [5.74, 6) is 0.672. The highest BCUT2D eigenvalue weighted by Crippen LogP contribution is 2.42. The molecular weight excluding hydrogens is 320 g/mol. The van der Waals surface area contributed by atoms with Crippen LogP contribution in [0, 0.1) is 0 Å². The lowest BCUT2D eigenvalue weighted by Gasteiger charge is -2.24. The zero-order chi connectivity index (χ0) is 16.7. The van der Waals surface area contributed by atoms with Crippen LogP contribution in [0.2, 0.25) is 0 Å². The summed E-state index contributed by atoms with van der Waals surface area (Å²) in [5, 5.41) is 12.4. The normalized spacial score (nSPS) is 16.6. The maximum Gasteiger partial charge on any atom is 0.226 e. The lowest BCUT2D eigenvalue weighted by atomic mass is 9.85. The molecule has 0 aliphatic carbocycles. The fraction of sp³-hybridized carbons (Fsp3) is 0.222. The Morgan fingerprint density at radius 1 is 1.21 bits per heavy atom. The van der Waals surface area contributed by atoms with Gasteiger partial charge in [-0.05, 0) is 29.1 Å². The molecule has 0 radical (unpaired) electrons. The Labute approximate surface area is 144 Å². The number of aromatic nitrogens is 2. The number of benzene rings is 1. The number of thiophene rings is 1. The summed E-state index contributed by atoms with van der Waals surface area (Å²) >= 11 is 1.67. The second-order valence-corrected chi connectivity index (χ2v) is 7.08. The molecule has 4 rings (SSSR count). The van der Waals surface area contributed by atoms with E-state index in [1.807, 2.05) is 25.5 Å². The minimum atomic E-state index is 0.00779. The first-order valence-corrected chi connectivity index (χ1v) is 8.70. The van der Waals surface area contributed by atoms with E-state index in [4.69, 9.17) is 0 Å². The SMILES string of the molecule is CN(C)c1ccc(C2CC(=O)Nc3n[nH]c(-c4cccs4)c32)cc1. The number of carbonyl (C=O) groups excluding carboxylic acids is 1. The van der Waals surface area contributed by atoms with Crippen LogP contribution in [-0.4, -0.2) is 30.2 Å². The van der Waals surface area contributed by atoms with E-state index < -0.39 is 0 Å². The average molecular weight is 338 g/mol. The van der Waals surface area contributed by atoms with Crippen LogP contribution in [0.25, 0.3) is 10.6 Å². The van der Waals surface area contributed by atoms with Crippen molar-refractivity contribution in [3.63, 3.8) is 0 Å². The highest BCUT2D eigenvalue weighted by atomic mass is 32.1. The van der Waals surface area contributed by atoms with E-state index in [1.54, 1.807) is 11.3 Å². The number of anilines is 2. The third-order valence-electron chi connectivity index (χ3n) is 4.38. The summed E-state index contributed by atoms with van der Waals surface area (Å²) in [6.07, 6.45) is 0.437. The number of amides is 1. The largest absolute Gasteiger partial charge is 0.378 e. The van der Waals surface area contributed by atoms with Crippen molar-refractivity contribution in [2.24, 2.45) is 0 Å². The van der Waals surface area contributed by atoms with Gasteiger partial charge < -0.3 is 10.2 Å². The second-order valence-electron chi connectivity index (χ2n) is 6.13. The van der Waals surface area contributed by atoms with E-state index in [9.17, 15) is 4.79 Å². The standard InChI is InChI=1S/C18H18N4OS/c1-22(2)12-7-5-11(6-8-12)13-10-15(23)19-18-16(13)17(20-21-18)14-4-3-9-24-14/h3-9,13H,10H2,1-2H3,(H2,19,20,21,23). The molecule has 1 aliphatic heterocycles. The van der Waals surface area contributed by atoms with E-state index in [1.165, 1.54) is 0 Å². The van der Waals surface area contributed by atoms with Gasteiger partial charge in [0, 0.05) is 37.7 Å². The number of carbonyl (C=O) groups is 1. The van der Waals surface area contributed by atoms with E-state index in [-0.39, 0.29) is 11.8 Å². The zero-order valence-electron chi connectivity index (χ0n) is 13.5. The van der Waals surface area contributed by atoms with Crippen molar-refractivity contribution in [2.45, 2.75) is 12.3 Å². The average Bonchev–Trinajstić information content (AvgIpc) is 3.23. The lowest BCUT2D eigenvalue weighted by molar-refractivity contribution is -0.116. The molecule has 0 fully saturated rings. The Morgan fingerprint density at radius 2 is 2.00 bits per heavy atom. The molecule has 122 valence electrons. The first-order valence-electron chi connectivity index (χ1n) is 7.83. The highest BCUT2D eigenvalue weighted by molar-refractivity contribution is 7.13. The predicted molar refractivity (Wildman–Crippen MR) is 97.8 cm³/mol. The van der Waals surface area contributed by atoms with Crippen LogP contribution in [0.5, 0.6) is 0 Å². The van der Waals surface area contributed by atoms with E-state index in [0.29, 0.717) is 12.2 Å². The van der Waals surface area contributed by atoms with E-state index in [0.717, 1.165) is 27.4 Å². The number of hydrogen-bond donors (Lipinski definition) is 2. The van der Waals surface area contributed by atoms with Crippen molar-refractivity contribution in [2.75, 3.05) is 24.3 Å². The second kappa shape index (κ2) is 5.79. The van der Waals surface area contributed by atoms with Crippen LogP contribution >= 0.6 is 11.3 Å². The number of aromatic amines is 1. The molecule has 1 atom stereocenters. The molecule has 3 aromatic rings. The summed E-state index contributed by atoms with van der Waals surface area (Å²) in [6, 6.07) is 12.5. The predicted octanol–water partition coefficient (Wildman–Crippen LogP) is 3.68. The van der Waals surface area contributed by atoms with Gasteiger partial charge in [0.05, 0.1) is 10.6 Å². The smallest absolute Gasteiger partial charge is 0.226 e. The van der Waals surface area contributed by atoms with E-state index in [2.05, 4.69) is 50.7 Å². The number of nitrogens with one attached hydrogen (secondary N) is 2. The third kappa shape index (κ3) is 2.49. The molecule has 5 nitrogen and oxygen atoms in total. The Hall–Kier alpha value is -2.60. The summed E-state index contributed by atoms with van der Waals surface area (Å²) in [7, 11) is 4.04. The maximum atomic E-state index is 12.1. The first kappa shape index (κ1) is 15.0. The summed E-state index contributed by atoms with van der Waals surface area (Å²) < 4.78 is 0. The van der Waals surface area contributed by atoms with Crippen molar-refractivity contribution in [3.8, 4) is 10.6 Å². The van der Waals surface area contributed by atoms with Crippen molar-refractivity contribution < 1.29 is 4.79 Å². The van der Waals surface area contributed by atoms with Gasteiger partial charge >= 0.3 is 0 Å². The maximum absolute atomic E-state index is 12.1. The highest BCUT2D eigenvalue weighted by Gasteiger charge is 2.32. The lowest BCUT2D eigenvalue weighted by Crippen LogP contribution is -2.23. The Kier molecular flexibility index (Phi) is 3.61. The topological polar surface area (TPSA) is 61.0 Å². The van der Waals surface area contributed by atoms with Crippen molar-refractivity contribution >= 4 is 28.7 Å². The molecule has 1 amide bonds. The van der Waals surface area contributed by atoms with Crippen LogP contribution < -0.4 is 10.2 Å². The van der Waals surface area contributed by atoms with Gasteiger partial charge in [0.1, 0.15) is 0 Å². The van der Waals surface area contributed by atoms with Gasteiger partial charge in [0.15, 0.2) is 5.82 Å². The number of nitrogens with zero attached hydrogens (tertiary/aromatic N) is 2. The minimum Gasteiger partial charge on any atom is -0.378 e. The van der Waals surface area contributed by atoms with Crippen LogP contribution in [0.1, 0.15) is 23.5 Å². The summed E-state index contributed by atoms with van der Waals surface area (Å²) in [5.41, 5.74) is 4.36. The number of H-pyrrole nitrogens is 1. The fourth-order valence-electron chi connectivity index (χ4n) is 3.15. The molecule has 24 heavy (non-hydrogen) atoms. The van der Waals surface area contributed by atoms with Gasteiger partial charge in [-0.15, -0.1) is 11.3 Å². The van der Waals surface area contributed by atoms with Crippen molar-refractivity contribution in [1.82, 2.24) is 10.2 Å². The molecule has 0 bridgehead atoms. The number of rotatable bonds is 3. The Bertz CT molecular complexity index is 865. The number of fused-ring (bicyclic) bond motifs is 1. The Balaban J connectivity index is 1.80. The molecule has 2 aromatic heterocycles. The summed E-state index contributed by atoms with van der Waals surface area (Å²) in [6.45, 7) is 0. The molecule has 1 aromatic carbocycles. The molecule has 1 unspecified atom stereocenters. The molecular formula is C18H18N4OS. The Morgan fingerprint density at radius 3 is 2.67 bits per heavy atom. The van der Waals surface area contributed by atoms with Crippen LogP contribution in [0.4, 0.5) is 11.5 Å². The van der Waals surface area contributed by atoms with Gasteiger partial charge in [-0.3, -0.25) is 9.89 Å². The number of hydrogen-bond acceptors (Lipinski definition) is 4. The molecule has 0 saturated carbocycles. The van der Waals surface area contributed by atoms with Crippen molar-refractivity contribution in [3.05, 3.63) is 52.9 Å². The van der Waals surface area contributed by atoms with Crippen LogP contribution in [-0.2, 0) is 4.79 Å². The van der Waals surface area contributed by atoms with Gasteiger partial charge in [0.25, 0.3) is 0 Å². The van der Waals surface area contributed by atoms with Gasteiger partial charge in [-0.1, -0.05) is 18.2 Å². The fourth-order valence-corrected chi connectivity index (χ4v) is 3.89. The quantitative estimate of drug-likeness (QED) is 0.766. The minimum absolute atomic E-state index is 0.00779. The van der Waals surface area contributed by atoms with Crippen molar-refractivity contribution in [1.29, 1.82) is 0 Å². The molecule has 0 saturated heterocycles. The first-order chi connectivity index (χ1) is 11.6. The van der Waals surface area contributed by atoms with Gasteiger partial charge in [-0.2, -0.15) is 5.10 Å². The van der Waals surface area contributed by atoms with Gasteiger partial charge in [0.2, 0.25) is 5.91 Å². The molecule has 0 spiro atoms. The van der Waals surface area contributed by atoms with Gasteiger partial charge in [-0.25, -0.2) is 0 Å². The molecule has 1 aliphatic rings. The molecule has 3 heterocycles. The van der Waals surface area contributed by atoms with E-state index >= 15 is 0 Å². The zero-order valence-corrected chi connectivity index (χ0v) is 14.4. The van der Waals surface area contributed by atoms with Crippen LogP contribution in [0.3, 0.4) is 0 Å². The summed E-state index contributed by atoms with van der Waals surface area (Å²) in [4.78, 5) is 15.3. The monoisotopic (exact) mass is 338 g/mol. The van der Waals surface area contributed by atoms with Crippen LogP contribution in [0.15, 0.2) is 41.8 Å². The molecule has 2 N–H and O–H groups in total. The third-order valence-corrected chi connectivity index (χ3v) is 5.27.